The molecule has 1 aromatic carbocycles. The van der Waals surface area contributed by atoms with Gasteiger partial charge in [-0.05, 0) is 42.3 Å². The number of hydrogen-bond donors (Lipinski definition) is 2. The highest BCUT2D eigenvalue weighted by Gasteiger charge is 2.19. The molecule has 4 nitrogen and oxygen atoms in total. The van der Waals surface area contributed by atoms with Crippen molar-refractivity contribution in [3.8, 4) is 11.1 Å². The van der Waals surface area contributed by atoms with Gasteiger partial charge in [0.25, 0.3) is 5.91 Å². The van der Waals surface area contributed by atoms with Gasteiger partial charge in [-0.15, -0.1) is 0 Å². The smallest absolute Gasteiger partial charge is 0.251 e. The average molecular weight is 263 g/mol. The van der Waals surface area contributed by atoms with Crippen molar-refractivity contribution < 1.29 is 4.79 Å². The van der Waals surface area contributed by atoms with Gasteiger partial charge in [-0.1, -0.05) is 6.07 Å². The molecule has 0 spiro atoms. The minimum absolute atomic E-state index is 0.0165. The Morgan fingerprint density at radius 2 is 2.05 bits per heavy atom. The van der Waals surface area contributed by atoms with E-state index in [0.29, 0.717) is 6.54 Å². The number of carbonyl (C=O) groups excluding carboxylic acids is 1. The summed E-state index contributed by atoms with van der Waals surface area (Å²) in [6.07, 6.45) is 1.98. The normalized spacial score (nSPS) is 13.6. The number of aromatic nitrogens is 2. The summed E-state index contributed by atoms with van der Waals surface area (Å²) in [5.74, 6) is 0.0165. The molecule has 0 bridgehead atoms. The van der Waals surface area contributed by atoms with Crippen LogP contribution >= 0.6 is 0 Å². The van der Waals surface area contributed by atoms with Crippen molar-refractivity contribution in [2.75, 3.05) is 0 Å². The third-order valence-electron chi connectivity index (χ3n) is 3.78. The van der Waals surface area contributed by atoms with E-state index in [0.717, 1.165) is 39.0 Å². The molecule has 0 aliphatic carbocycles. The number of fused-ring (bicyclic) bond motifs is 2. The average Bonchev–Trinajstić information content (AvgIpc) is 3.02. The summed E-state index contributed by atoms with van der Waals surface area (Å²) in [5, 5.41) is 3.95. The maximum atomic E-state index is 11.6. The number of hydrogen-bond acceptors (Lipinski definition) is 2. The molecule has 0 radical (unpaired) electrons. The highest BCUT2D eigenvalue weighted by atomic mass is 16.1. The highest BCUT2D eigenvalue weighted by Crippen LogP contribution is 2.30. The van der Waals surface area contributed by atoms with E-state index < -0.39 is 0 Å². The predicted molar refractivity (Wildman–Crippen MR) is 77.4 cm³/mol. The maximum absolute atomic E-state index is 11.6. The number of amides is 1. The molecule has 0 saturated heterocycles. The zero-order chi connectivity index (χ0) is 13.7. The third kappa shape index (κ3) is 1.54. The molecular weight excluding hydrogens is 250 g/mol. The Hall–Kier alpha value is -2.62. The summed E-state index contributed by atoms with van der Waals surface area (Å²) in [6, 6.07) is 10.1. The van der Waals surface area contributed by atoms with Gasteiger partial charge in [-0.3, -0.25) is 4.79 Å². The van der Waals surface area contributed by atoms with Gasteiger partial charge in [0, 0.05) is 34.9 Å². The van der Waals surface area contributed by atoms with E-state index in [9.17, 15) is 4.79 Å². The van der Waals surface area contributed by atoms with Crippen LogP contribution in [0.2, 0.25) is 0 Å². The molecule has 4 rings (SSSR count). The summed E-state index contributed by atoms with van der Waals surface area (Å²) in [5.41, 5.74) is 5.96. The molecule has 2 aromatic heterocycles. The topological polar surface area (TPSA) is 57.8 Å². The number of H-pyrrole nitrogens is 1. The molecule has 0 fully saturated rings. The van der Waals surface area contributed by atoms with Crippen molar-refractivity contribution in [2.24, 2.45) is 0 Å². The number of aromatic amines is 1. The van der Waals surface area contributed by atoms with Gasteiger partial charge in [-0.2, -0.15) is 0 Å². The van der Waals surface area contributed by atoms with Gasteiger partial charge in [0.15, 0.2) is 0 Å². The van der Waals surface area contributed by atoms with E-state index in [4.69, 9.17) is 0 Å². The zero-order valence-electron chi connectivity index (χ0n) is 11.0. The number of benzene rings is 1. The van der Waals surface area contributed by atoms with Crippen LogP contribution in [0.5, 0.6) is 0 Å². The Labute approximate surface area is 115 Å². The first-order chi connectivity index (χ1) is 9.72. The van der Waals surface area contributed by atoms with Gasteiger partial charge in [0.1, 0.15) is 5.65 Å². The van der Waals surface area contributed by atoms with E-state index in [-0.39, 0.29) is 5.91 Å². The second-order valence-corrected chi connectivity index (χ2v) is 5.11. The zero-order valence-corrected chi connectivity index (χ0v) is 11.0. The van der Waals surface area contributed by atoms with Gasteiger partial charge >= 0.3 is 0 Å². The first-order valence-corrected chi connectivity index (χ1v) is 6.58. The van der Waals surface area contributed by atoms with Crippen molar-refractivity contribution in [1.29, 1.82) is 0 Å². The fraction of sp³-hybridized carbons (Fsp3) is 0.125. The van der Waals surface area contributed by atoms with Crippen molar-refractivity contribution in [1.82, 2.24) is 15.3 Å². The van der Waals surface area contributed by atoms with E-state index >= 15 is 0 Å². The summed E-state index contributed by atoms with van der Waals surface area (Å²) in [7, 11) is 0. The van der Waals surface area contributed by atoms with Crippen LogP contribution in [0, 0.1) is 6.92 Å². The van der Waals surface area contributed by atoms with Crippen LogP contribution < -0.4 is 5.32 Å². The quantitative estimate of drug-likeness (QED) is 0.709. The van der Waals surface area contributed by atoms with Crippen LogP contribution in [0.25, 0.3) is 22.2 Å². The number of carbonyl (C=O) groups is 1. The van der Waals surface area contributed by atoms with E-state index in [1.54, 1.807) is 0 Å². The van der Waals surface area contributed by atoms with Crippen LogP contribution in [0.3, 0.4) is 0 Å². The molecule has 1 amide bonds. The largest absolute Gasteiger partial charge is 0.348 e. The minimum Gasteiger partial charge on any atom is -0.348 e. The Bertz CT molecular complexity index is 848. The van der Waals surface area contributed by atoms with Crippen molar-refractivity contribution in [3.63, 3.8) is 0 Å². The fourth-order valence-corrected chi connectivity index (χ4v) is 2.74. The Morgan fingerprint density at radius 3 is 2.95 bits per heavy atom. The van der Waals surface area contributed by atoms with Crippen LogP contribution in [0.4, 0.5) is 0 Å². The second kappa shape index (κ2) is 3.93. The molecule has 0 saturated carbocycles. The third-order valence-corrected chi connectivity index (χ3v) is 3.78. The number of nitrogens with one attached hydrogen (secondary N) is 2. The molecule has 3 heterocycles. The first kappa shape index (κ1) is 11.2. The number of aryl methyl sites for hydroxylation is 1. The van der Waals surface area contributed by atoms with E-state index in [1.165, 1.54) is 0 Å². The van der Waals surface area contributed by atoms with Crippen LogP contribution in [0.1, 0.15) is 21.6 Å². The van der Waals surface area contributed by atoms with E-state index in [2.05, 4.69) is 27.4 Å². The van der Waals surface area contributed by atoms with Crippen LogP contribution in [-0.4, -0.2) is 15.9 Å². The maximum Gasteiger partial charge on any atom is 0.251 e. The summed E-state index contributed by atoms with van der Waals surface area (Å²) in [6.45, 7) is 2.59. The summed E-state index contributed by atoms with van der Waals surface area (Å²) >= 11 is 0. The van der Waals surface area contributed by atoms with Gasteiger partial charge in [-0.25, -0.2) is 4.98 Å². The molecular formula is C16H13N3O. The number of rotatable bonds is 1. The lowest BCUT2D eigenvalue weighted by Gasteiger charge is -2.02. The number of nitrogens with zero attached hydrogens (tertiary/aromatic N) is 1. The molecule has 98 valence electrons. The highest BCUT2D eigenvalue weighted by molar-refractivity contribution is 6.00. The van der Waals surface area contributed by atoms with Gasteiger partial charge in [0.05, 0.1) is 0 Å². The molecule has 1 aliphatic heterocycles. The molecule has 3 aromatic rings. The first-order valence-electron chi connectivity index (χ1n) is 6.58. The Kier molecular flexibility index (Phi) is 2.21. The van der Waals surface area contributed by atoms with Gasteiger partial charge in [0.2, 0.25) is 0 Å². The van der Waals surface area contributed by atoms with Crippen molar-refractivity contribution >= 4 is 16.9 Å². The Balaban J connectivity index is 1.89. The predicted octanol–water partition coefficient (Wildman–Crippen LogP) is 2.78. The van der Waals surface area contributed by atoms with E-state index in [1.807, 2.05) is 31.3 Å². The molecule has 0 unspecified atom stereocenters. The lowest BCUT2D eigenvalue weighted by molar-refractivity contribution is 0.0966. The molecule has 0 atom stereocenters. The van der Waals surface area contributed by atoms with Crippen LogP contribution in [-0.2, 0) is 6.54 Å². The SMILES string of the molecule is Cc1ccc2c(-c3ccc4c(c3)CNC4=O)c[nH]c2n1. The molecule has 2 N–H and O–H groups in total. The second-order valence-electron chi connectivity index (χ2n) is 5.11. The standard InChI is InChI=1S/C16H13N3O/c1-9-2-4-13-14(8-17-15(13)19-9)10-3-5-12-11(6-10)7-18-16(12)20/h2-6,8H,7H2,1H3,(H,17,19)(H,18,20). The summed E-state index contributed by atoms with van der Waals surface area (Å²) < 4.78 is 0. The minimum atomic E-state index is 0.0165. The lowest BCUT2D eigenvalue weighted by atomic mass is 10.0. The Morgan fingerprint density at radius 1 is 1.15 bits per heavy atom. The van der Waals surface area contributed by atoms with Crippen molar-refractivity contribution in [2.45, 2.75) is 13.5 Å². The molecule has 1 aliphatic rings. The fourth-order valence-electron chi connectivity index (χ4n) is 2.74. The molecule has 4 heteroatoms. The monoisotopic (exact) mass is 263 g/mol. The summed E-state index contributed by atoms with van der Waals surface area (Å²) in [4.78, 5) is 19.3. The molecule has 20 heavy (non-hydrogen) atoms. The van der Waals surface area contributed by atoms with Gasteiger partial charge < -0.3 is 10.3 Å². The lowest BCUT2D eigenvalue weighted by Crippen LogP contribution is -2.12. The van der Waals surface area contributed by atoms with Crippen LogP contribution in [0.15, 0.2) is 36.5 Å². The number of pyridine rings is 1. The van der Waals surface area contributed by atoms with Crippen molar-refractivity contribution in [3.05, 3.63) is 53.3 Å².